The van der Waals surface area contributed by atoms with Crippen LogP contribution in [0, 0.1) is 0 Å². The Kier molecular flexibility index (Phi) is 7.14. The molecule has 0 aliphatic carbocycles. The van der Waals surface area contributed by atoms with Crippen LogP contribution in [0.25, 0.3) is 0 Å². The van der Waals surface area contributed by atoms with Gasteiger partial charge < -0.3 is 10.1 Å². The molecule has 1 rings (SSSR count). The van der Waals surface area contributed by atoms with Gasteiger partial charge in [-0.1, -0.05) is 46.0 Å². The topological polar surface area (TPSA) is 21.3 Å². The van der Waals surface area contributed by atoms with Crippen LogP contribution in [0.3, 0.4) is 0 Å². The first kappa shape index (κ1) is 15.0. The maximum Gasteiger partial charge on any atom is 0.0669 e. The van der Waals surface area contributed by atoms with E-state index in [9.17, 15) is 0 Å². The smallest absolute Gasteiger partial charge is 0.0669 e. The van der Waals surface area contributed by atoms with Gasteiger partial charge in [0.1, 0.15) is 0 Å². The molecule has 102 valence electrons. The van der Waals surface area contributed by atoms with E-state index in [1.807, 2.05) is 0 Å². The average molecular weight is 241 g/mol. The lowest BCUT2D eigenvalue weighted by Crippen LogP contribution is -2.45. The summed E-state index contributed by atoms with van der Waals surface area (Å²) in [5.74, 6) is 0. The lowest BCUT2D eigenvalue weighted by atomic mass is 9.87. The summed E-state index contributed by atoms with van der Waals surface area (Å²) in [6, 6.07) is 0.675. The zero-order chi connectivity index (χ0) is 12.6. The van der Waals surface area contributed by atoms with Crippen LogP contribution in [0.15, 0.2) is 0 Å². The molecule has 0 radical (unpaired) electrons. The van der Waals surface area contributed by atoms with Crippen LogP contribution in [0.1, 0.15) is 72.1 Å². The van der Waals surface area contributed by atoms with Crippen molar-refractivity contribution in [3.8, 4) is 0 Å². The Bertz CT molecular complexity index is 193. The molecule has 2 unspecified atom stereocenters. The van der Waals surface area contributed by atoms with E-state index in [1.165, 1.54) is 51.4 Å². The second-order valence-electron chi connectivity index (χ2n) is 5.71. The van der Waals surface area contributed by atoms with Crippen molar-refractivity contribution in [3.63, 3.8) is 0 Å². The van der Waals surface area contributed by atoms with E-state index in [0.29, 0.717) is 6.04 Å². The lowest BCUT2D eigenvalue weighted by Gasteiger charge is -2.39. The second kappa shape index (κ2) is 8.10. The number of unbranched alkanes of at least 4 members (excludes halogenated alkanes) is 4. The minimum absolute atomic E-state index is 0.136. The molecule has 1 aliphatic heterocycles. The van der Waals surface area contributed by atoms with Gasteiger partial charge in [0.05, 0.1) is 5.60 Å². The first-order valence-electron chi connectivity index (χ1n) is 7.57. The van der Waals surface area contributed by atoms with Crippen LogP contribution in [-0.4, -0.2) is 24.8 Å². The summed E-state index contributed by atoms with van der Waals surface area (Å²) in [7, 11) is 0. The number of hydrogen-bond donors (Lipinski definition) is 1. The highest BCUT2D eigenvalue weighted by Gasteiger charge is 2.32. The molecule has 1 fully saturated rings. The monoisotopic (exact) mass is 241 g/mol. The van der Waals surface area contributed by atoms with E-state index in [1.54, 1.807) is 0 Å². The summed E-state index contributed by atoms with van der Waals surface area (Å²) in [5, 5.41) is 3.57. The van der Waals surface area contributed by atoms with E-state index in [4.69, 9.17) is 4.74 Å². The number of nitrogens with one attached hydrogen (secondary N) is 1. The van der Waals surface area contributed by atoms with Crippen molar-refractivity contribution < 1.29 is 4.74 Å². The van der Waals surface area contributed by atoms with E-state index in [-0.39, 0.29) is 5.60 Å². The maximum atomic E-state index is 6.01. The Balaban J connectivity index is 2.20. The lowest BCUT2D eigenvalue weighted by molar-refractivity contribution is -0.0817. The molecule has 0 saturated carbocycles. The van der Waals surface area contributed by atoms with Gasteiger partial charge in [-0.2, -0.15) is 0 Å². The third-order valence-electron chi connectivity index (χ3n) is 3.90. The number of rotatable bonds is 8. The summed E-state index contributed by atoms with van der Waals surface area (Å²) in [6.07, 6.45) is 10.4. The molecule has 0 aromatic heterocycles. The van der Waals surface area contributed by atoms with E-state index >= 15 is 0 Å². The van der Waals surface area contributed by atoms with E-state index in [0.717, 1.165) is 13.2 Å². The van der Waals surface area contributed by atoms with Crippen LogP contribution in [0.4, 0.5) is 0 Å². The molecule has 2 atom stereocenters. The fraction of sp³-hybridized carbons (Fsp3) is 1.00. The molecular weight excluding hydrogens is 210 g/mol. The van der Waals surface area contributed by atoms with Gasteiger partial charge in [-0.15, -0.1) is 0 Å². The molecule has 0 amide bonds. The minimum Gasteiger partial charge on any atom is -0.375 e. The van der Waals surface area contributed by atoms with Crippen molar-refractivity contribution in [2.24, 2.45) is 0 Å². The Morgan fingerprint density at radius 2 is 1.94 bits per heavy atom. The highest BCUT2D eigenvalue weighted by atomic mass is 16.5. The Morgan fingerprint density at radius 1 is 1.18 bits per heavy atom. The van der Waals surface area contributed by atoms with Crippen molar-refractivity contribution in [1.29, 1.82) is 0 Å². The molecule has 0 bridgehead atoms. The fourth-order valence-electron chi connectivity index (χ4n) is 2.87. The fourth-order valence-corrected chi connectivity index (χ4v) is 2.87. The third-order valence-corrected chi connectivity index (χ3v) is 3.90. The van der Waals surface area contributed by atoms with Crippen LogP contribution in [0.5, 0.6) is 0 Å². The van der Waals surface area contributed by atoms with Gasteiger partial charge in [-0.05, 0) is 32.7 Å². The quantitative estimate of drug-likeness (QED) is 0.651. The van der Waals surface area contributed by atoms with Gasteiger partial charge in [-0.25, -0.2) is 0 Å². The van der Waals surface area contributed by atoms with E-state index in [2.05, 4.69) is 26.1 Å². The average Bonchev–Trinajstić information content (AvgIpc) is 2.29. The Labute approximate surface area is 108 Å². The van der Waals surface area contributed by atoms with Crippen LogP contribution >= 0.6 is 0 Å². The van der Waals surface area contributed by atoms with Gasteiger partial charge in [-0.3, -0.25) is 0 Å². The van der Waals surface area contributed by atoms with Crippen molar-refractivity contribution in [2.45, 2.75) is 83.8 Å². The molecule has 0 aromatic rings. The molecule has 1 heterocycles. The third kappa shape index (κ3) is 5.87. The molecule has 2 nitrogen and oxygen atoms in total. The number of hydrogen-bond acceptors (Lipinski definition) is 2. The van der Waals surface area contributed by atoms with Gasteiger partial charge in [0.15, 0.2) is 0 Å². The molecule has 0 aromatic carbocycles. The highest BCUT2D eigenvalue weighted by Crippen LogP contribution is 2.30. The molecule has 2 heteroatoms. The van der Waals surface area contributed by atoms with Crippen molar-refractivity contribution in [1.82, 2.24) is 5.32 Å². The zero-order valence-electron chi connectivity index (χ0n) is 12.1. The predicted octanol–water partition coefficient (Wildman–Crippen LogP) is 3.89. The summed E-state index contributed by atoms with van der Waals surface area (Å²) in [4.78, 5) is 0. The van der Waals surface area contributed by atoms with Gasteiger partial charge in [0.25, 0.3) is 0 Å². The van der Waals surface area contributed by atoms with Crippen molar-refractivity contribution in [2.75, 3.05) is 13.2 Å². The molecule has 1 N–H and O–H groups in total. The van der Waals surface area contributed by atoms with Crippen LogP contribution in [-0.2, 0) is 4.74 Å². The summed E-state index contributed by atoms with van der Waals surface area (Å²) >= 11 is 0. The minimum atomic E-state index is 0.136. The highest BCUT2D eigenvalue weighted by molar-refractivity contribution is 4.86. The largest absolute Gasteiger partial charge is 0.375 e. The Morgan fingerprint density at radius 3 is 2.65 bits per heavy atom. The first-order valence-corrected chi connectivity index (χ1v) is 7.57. The summed E-state index contributed by atoms with van der Waals surface area (Å²) < 4.78 is 6.01. The normalized spacial score (nSPS) is 29.5. The molecular formula is C15H31NO. The van der Waals surface area contributed by atoms with Crippen molar-refractivity contribution in [3.05, 3.63) is 0 Å². The van der Waals surface area contributed by atoms with Crippen LogP contribution < -0.4 is 5.32 Å². The molecule has 17 heavy (non-hydrogen) atoms. The second-order valence-corrected chi connectivity index (χ2v) is 5.71. The van der Waals surface area contributed by atoms with Gasteiger partial charge in [0, 0.05) is 12.6 Å². The predicted molar refractivity (Wildman–Crippen MR) is 74.4 cm³/mol. The summed E-state index contributed by atoms with van der Waals surface area (Å²) in [6.45, 7) is 8.78. The SMILES string of the molecule is CCCCCCCC1(C)CC(NCC)CCO1. The van der Waals surface area contributed by atoms with Gasteiger partial charge in [0.2, 0.25) is 0 Å². The zero-order valence-corrected chi connectivity index (χ0v) is 12.1. The summed E-state index contributed by atoms with van der Waals surface area (Å²) in [5.41, 5.74) is 0.136. The van der Waals surface area contributed by atoms with Crippen LogP contribution in [0.2, 0.25) is 0 Å². The molecule has 1 aliphatic rings. The standard InChI is InChI=1S/C15H31NO/c1-4-6-7-8-9-11-15(3)13-14(16-5-2)10-12-17-15/h14,16H,4-13H2,1-3H3. The van der Waals surface area contributed by atoms with Crippen molar-refractivity contribution >= 4 is 0 Å². The maximum absolute atomic E-state index is 6.01. The molecule has 1 saturated heterocycles. The number of ether oxygens (including phenoxy) is 1. The first-order chi connectivity index (χ1) is 8.20. The van der Waals surface area contributed by atoms with Gasteiger partial charge >= 0.3 is 0 Å². The molecule has 0 spiro atoms. The van der Waals surface area contributed by atoms with E-state index < -0.39 is 0 Å². The Hall–Kier alpha value is -0.0800.